The van der Waals surface area contributed by atoms with E-state index in [1.807, 2.05) is 6.07 Å². The van der Waals surface area contributed by atoms with Crippen molar-refractivity contribution in [3.63, 3.8) is 0 Å². The second-order valence-corrected chi connectivity index (χ2v) is 6.06. The smallest absolute Gasteiger partial charge is 0.117 e. The number of hydrogen-bond acceptors (Lipinski definition) is 2. The van der Waals surface area contributed by atoms with E-state index in [2.05, 4.69) is 48.9 Å². The summed E-state index contributed by atoms with van der Waals surface area (Å²) >= 11 is 3.49. The highest BCUT2D eigenvalue weighted by molar-refractivity contribution is 9.10. The average Bonchev–Trinajstić information content (AvgIpc) is 2.57. The molecule has 2 nitrogen and oxygen atoms in total. The zero-order valence-corrected chi connectivity index (χ0v) is 12.2. The van der Waals surface area contributed by atoms with Gasteiger partial charge >= 0.3 is 0 Å². The molecule has 0 amide bonds. The van der Waals surface area contributed by atoms with Crippen LogP contribution in [0.25, 0.3) is 0 Å². The van der Waals surface area contributed by atoms with Crippen LogP contribution in [0.3, 0.4) is 0 Å². The Balaban J connectivity index is 2.54. The summed E-state index contributed by atoms with van der Waals surface area (Å²) in [7, 11) is 0. The quantitative estimate of drug-likeness (QED) is 0.886. The standard InChI is InChI=1S/C13H22BrNO/c1-5-15-12(13(2,3)4)7-6-11-10(14)8-9-16-11/h8-9,12,15H,5-7H2,1-4H3. The first kappa shape index (κ1) is 13.8. The maximum Gasteiger partial charge on any atom is 0.117 e. The number of halogens is 1. The topological polar surface area (TPSA) is 25.2 Å². The molecule has 3 heteroatoms. The third kappa shape index (κ3) is 3.95. The number of aryl methyl sites for hydroxylation is 1. The minimum atomic E-state index is 0.287. The molecular weight excluding hydrogens is 266 g/mol. The van der Waals surface area contributed by atoms with Crippen molar-refractivity contribution in [1.82, 2.24) is 5.32 Å². The lowest BCUT2D eigenvalue weighted by Gasteiger charge is -2.31. The lowest BCUT2D eigenvalue weighted by Crippen LogP contribution is -2.40. The highest BCUT2D eigenvalue weighted by atomic mass is 79.9. The number of rotatable bonds is 5. The van der Waals surface area contributed by atoms with Crippen LogP contribution in [0.5, 0.6) is 0 Å². The first-order valence-electron chi connectivity index (χ1n) is 5.90. The molecule has 0 bridgehead atoms. The van der Waals surface area contributed by atoms with E-state index in [-0.39, 0.29) is 5.41 Å². The third-order valence-corrected chi connectivity index (χ3v) is 3.55. The van der Waals surface area contributed by atoms with Crippen LogP contribution >= 0.6 is 15.9 Å². The van der Waals surface area contributed by atoms with Crippen molar-refractivity contribution >= 4 is 15.9 Å². The van der Waals surface area contributed by atoms with Crippen LogP contribution in [0.1, 0.15) is 39.9 Å². The van der Waals surface area contributed by atoms with Crippen LogP contribution in [-0.2, 0) is 6.42 Å². The first-order valence-corrected chi connectivity index (χ1v) is 6.69. The Kier molecular flexibility index (Phi) is 5.06. The van der Waals surface area contributed by atoms with E-state index in [4.69, 9.17) is 4.42 Å². The molecule has 1 rings (SSSR count). The maximum absolute atomic E-state index is 5.43. The molecule has 0 spiro atoms. The van der Waals surface area contributed by atoms with Crippen molar-refractivity contribution in [2.24, 2.45) is 5.41 Å². The van der Waals surface area contributed by atoms with Crippen molar-refractivity contribution in [1.29, 1.82) is 0 Å². The molecule has 0 aliphatic heterocycles. The predicted octanol–water partition coefficient (Wildman–Crippen LogP) is 4.00. The first-order chi connectivity index (χ1) is 7.45. The number of furan rings is 1. The predicted molar refractivity (Wildman–Crippen MR) is 71.6 cm³/mol. The van der Waals surface area contributed by atoms with Gasteiger partial charge in [-0.25, -0.2) is 0 Å². The van der Waals surface area contributed by atoms with Gasteiger partial charge in [-0.05, 0) is 40.4 Å². The van der Waals surface area contributed by atoms with E-state index in [1.54, 1.807) is 6.26 Å². The van der Waals surface area contributed by atoms with Gasteiger partial charge in [-0.1, -0.05) is 27.7 Å². The van der Waals surface area contributed by atoms with Crippen LogP contribution in [0.15, 0.2) is 21.2 Å². The Morgan fingerprint density at radius 3 is 2.56 bits per heavy atom. The maximum atomic E-state index is 5.43. The minimum Gasteiger partial charge on any atom is -0.468 e. The summed E-state index contributed by atoms with van der Waals surface area (Å²) in [5, 5.41) is 3.55. The summed E-state index contributed by atoms with van der Waals surface area (Å²) in [6, 6.07) is 2.48. The molecule has 0 radical (unpaired) electrons. The Bertz CT molecular complexity index is 314. The van der Waals surface area contributed by atoms with Crippen molar-refractivity contribution < 1.29 is 4.42 Å². The summed E-state index contributed by atoms with van der Waals surface area (Å²) in [4.78, 5) is 0. The molecule has 0 aliphatic carbocycles. The van der Waals surface area contributed by atoms with E-state index < -0.39 is 0 Å². The Morgan fingerprint density at radius 1 is 1.44 bits per heavy atom. The average molecular weight is 288 g/mol. The molecule has 1 aromatic heterocycles. The van der Waals surface area contributed by atoms with Crippen LogP contribution in [-0.4, -0.2) is 12.6 Å². The van der Waals surface area contributed by atoms with Gasteiger partial charge in [0, 0.05) is 12.5 Å². The fourth-order valence-corrected chi connectivity index (χ4v) is 2.27. The fraction of sp³-hybridized carbons (Fsp3) is 0.692. The van der Waals surface area contributed by atoms with Crippen molar-refractivity contribution in [3.05, 3.63) is 22.6 Å². The zero-order valence-electron chi connectivity index (χ0n) is 10.6. The summed E-state index contributed by atoms with van der Waals surface area (Å²) in [5.41, 5.74) is 0.287. The van der Waals surface area contributed by atoms with Crippen molar-refractivity contribution in [2.75, 3.05) is 6.54 Å². The Hall–Kier alpha value is -0.280. The second-order valence-electron chi connectivity index (χ2n) is 5.21. The number of hydrogen-bond donors (Lipinski definition) is 1. The van der Waals surface area contributed by atoms with Gasteiger partial charge in [0.2, 0.25) is 0 Å². The highest BCUT2D eigenvalue weighted by Gasteiger charge is 2.23. The largest absolute Gasteiger partial charge is 0.468 e. The molecule has 0 saturated carbocycles. The minimum absolute atomic E-state index is 0.287. The fourth-order valence-electron chi connectivity index (χ4n) is 1.87. The molecule has 1 atom stereocenters. The van der Waals surface area contributed by atoms with Gasteiger partial charge in [0.15, 0.2) is 0 Å². The van der Waals surface area contributed by atoms with Crippen molar-refractivity contribution in [2.45, 2.75) is 46.6 Å². The lowest BCUT2D eigenvalue weighted by atomic mass is 9.84. The second kappa shape index (κ2) is 5.87. The van der Waals surface area contributed by atoms with Crippen LogP contribution in [0, 0.1) is 5.41 Å². The van der Waals surface area contributed by atoms with Gasteiger partial charge in [0.25, 0.3) is 0 Å². The Morgan fingerprint density at radius 2 is 2.12 bits per heavy atom. The van der Waals surface area contributed by atoms with Gasteiger partial charge in [-0.2, -0.15) is 0 Å². The van der Waals surface area contributed by atoms with Gasteiger partial charge < -0.3 is 9.73 Å². The van der Waals surface area contributed by atoms with Gasteiger partial charge in [0.05, 0.1) is 10.7 Å². The summed E-state index contributed by atoms with van der Waals surface area (Å²) in [6.07, 6.45) is 3.81. The summed E-state index contributed by atoms with van der Waals surface area (Å²) < 4.78 is 6.51. The van der Waals surface area contributed by atoms with E-state index >= 15 is 0 Å². The number of nitrogens with one attached hydrogen (secondary N) is 1. The molecule has 1 N–H and O–H groups in total. The van der Waals surface area contributed by atoms with E-state index in [1.165, 1.54) is 0 Å². The third-order valence-electron chi connectivity index (χ3n) is 2.85. The summed E-state index contributed by atoms with van der Waals surface area (Å²) in [5.74, 6) is 1.05. The normalized spacial score (nSPS) is 14.1. The van der Waals surface area contributed by atoms with Gasteiger partial charge in [-0.3, -0.25) is 0 Å². The van der Waals surface area contributed by atoms with Gasteiger partial charge in [0.1, 0.15) is 5.76 Å². The molecule has 1 aromatic rings. The molecule has 1 heterocycles. The monoisotopic (exact) mass is 287 g/mol. The molecule has 92 valence electrons. The summed E-state index contributed by atoms with van der Waals surface area (Å²) in [6.45, 7) is 10.00. The highest BCUT2D eigenvalue weighted by Crippen LogP contribution is 2.25. The molecule has 0 aliphatic rings. The SMILES string of the molecule is CCNC(CCc1occc1Br)C(C)(C)C. The molecule has 0 saturated heterocycles. The molecular formula is C13H22BrNO. The van der Waals surface area contributed by atoms with E-state index in [0.29, 0.717) is 6.04 Å². The van der Waals surface area contributed by atoms with Crippen molar-refractivity contribution in [3.8, 4) is 0 Å². The molecule has 0 fully saturated rings. The van der Waals surface area contributed by atoms with Crippen LogP contribution in [0.4, 0.5) is 0 Å². The molecule has 1 unspecified atom stereocenters. The van der Waals surface area contributed by atoms with Gasteiger partial charge in [-0.15, -0.1) is 0 Å². The molecule has 0 aromatic carbocycles. The van der Waals surface area contributed by atoms with Crippen LogP contribution in [0.2, 0.25) is 0 Å². The lowest BCUT2D eigenvalue weighted by molar-refractivity contribution is 0.254. The molecule has 16 heavy (non-hydrogen) atoms. The van der Waals surface area contributed by atoms with E-state index in [9.17, 15) is 0 Å². The van der Waals surface area contributed by atoms with Crippen LogP contribution < -0.4 is 5.32 Å². The zero-order chi connectivity index (χ0) is 12.2. The van der Waals surface area contributed by atoms with E-state index in [0.717, 1.165) is 29.6 Å². The Labute approximate surface area is 107 Å².